The second-order valence-electron chi connectivity index (χ2n) is 4.29. The predicted molar refractivity (Wildman–Crippen MR) is 67.4 cm³/mol. The van der Waals surface area contributed by atoms with Crippen LogP contribution in [-0.2, 0) is 5.41 Å². The Kier molecular flexibility index (Phi) is 3.56. The summed E-state index contributed by atoms with van der Waals surface area (Å²) in [5.74, 6) is 0.636. The van der Waals surface area contributed by atoms with Crippen LogP contribution in [0.25, 0.3) is 0 Å². The highest BCUT2D eigenvalue weighted by atomic mass is 35.5. The number of piperidine rings is 1. The van der Waals surface area contributed by atoms with Gasteiger partial charge < -0.3 is 10.1 Å². The first-order valence-corrected chi connectivity index (χ1v) is 6.06. The fourth-order valence-electron chi connectivity index (χ4n) is 2.28. The monoisotopic (exact) mass is 250 g/mol. The van der Waals surface area contributed by atoms with E-state index in [4.69, 9.17) is 16.3 Å². The number of nitrogens with zero attached hydrogens (tertiary/aromatic N) is 1. The number of hydrogen-bond donors (Lipinski definition) is 1. The lowest BCUT2D eigenvalue weighted by Gasteiger charge is -2.31. The normalized spacial score (nSPS) is 18.4. The molecule has 0 spiro atoms. The molecular formula is C13H15ClN2O. The molecule has 0 atom stereocenters. The molecule has 0 aliphatic carbocycles. The van der Waals surface area contributed by atoms with E-state index in [1.165, 1.54) is 0 Å². The van der Waals surface area contributed by atoms with Crippen LogP contribution in [0, 0.1) is 11.3 Å². The van der Waals surface area contributed by atoms with E-state index in [0.29, 0.717) is 10.8 Å². The zero-order valence-electron chi connectivity index (χ0n) is 9.79. The van der Waals surface area contributed by atoms with Gasteiger partial charge in [-0.05, 0) is 43.6 Å². The lowest BCUT2D eigenvalue weighted by molar-refractivity contribution is 0.377. The van der Waals surface area contributed by atoms with Gasteiger partial charge in [0, 0.05) is 0 Å². The maximum atomic E-state index is 9.48. The fraction of sp³-hybridized carbons (Fsp3) is 0.462. The van der Waals surface area contributed by atoms with E-state index < -0.39 is 5.41 Å². The Bertz CT molecular complexity index is 447. The average Bonchev–Trinajstić information content (AvgIpc) is 2.40. The lowest BCUT2D eigenvalue weighted by Crippen LogP contribution is -2.38. The number of hydrogen-bond acceptors (Lipinski definition) is 3. The molecule has 2 rings (SSSR count). The lowest BCUT2D eigenvalue weighted by atomic mass is 9.74. The third-order valence-corrected chi connectivity index (χ3v) is 3.69. The van der Waals surface area contributed by atoms with Crippen LogP contribution >= 0.6 is 11.6 Å². The van der Waals surface area contributed by atoms with Gasteiger partial charge in [-0.3, -0.25) is 0 Å². The van der Waals surface area contributed by atoms with Crippen molar-refractivity contribution in [2.75, 3.05) is 20.2 Å². The number of nitriles is 1. The fourth-order valence-corrected chi connectivity index (χ4v) is 2.47. The van der Waals surface area contributed by atoms with Crippen LogP contribution in [0.4, 0.5) is 0 Å². The number of methoxy groups -OCH3 is 1. The molecule has 3 nitrogen and oxygen atoms in total. The summed E-state index contributed by atoms with van der Waals surface area (Å²) < 4.78 is 5.21. The summed E-state index contributed by atoms with van der Waals surface area (Å²) in [6.07, 6.45) is 1.66. The molecule has 1 N–H and O–H groups in total. The summed E-state index contributed by atoms with van der Waals surface area (Å²) >= 11 is 6.00. The van der Waals surface area contributed by atoms with Crippen LogP contribution in [0.15, 0.2) is 18.2 Å². The molecule has 0 bridgehead atoms. The van der Waals surface area contributed by atoms with Crippen molar-refractivity contribution in [1.29, 1.82) is 5.26 Å². The molecule has 0 amide bonds. The summed E-state index contributed by atoms with van der Waals surface area (Å²) in [5.41, 5.74) is 0.603. The Morgan fingerprint density at radius 3 is 2.71 bits per heavy atom. The van der Waals surface area contributed by atoms with Crippen molar-refractivity contribution in [3.63, 3.8) is 0 Å². The van der Waals surface area contributed by atoms with E-state index in [1.807, 2.05) is 12.1 Å². The van der Waals surface area contributed by atoms with Gasteiger partial charge in [-0.1, -0.05) is 17.7 Å². The summed E-state index contributed by atoms with van der Waals surface area (Å²) in [4.78, 5) is 0. The van der Waals surface area contributed by atoms with Crippen LogP contribution in [0.5, 0.6) is 5.75 Å². The van der Waals surface area contributed by atoms with Gasteiger partial charge in [0.05, 0.1) is 23.6 Å². The van der Waals surface area contributed by atoms with Crippen LogP contribution in [-0.4, -0.2) is 20.2 Å². The highest BCUT2D eigenvalue weighted by molar-refractivity contribution is 6.32. The molecule has 1 aliphatic rings. The molecule has 4 heteroatoms. The van der Waals surface area contributed by atoms with Crippen LogP contribution in [0.1, 0.15) is 18.4 Å². The molecule has 1 aromatic carbocycles. The van der Waals surface area contributed by atoms with E-state index in [9.17, 15) is 5.26 Å². The van der Waals surface area contributed by atoms with E-state index >= 15 is 0 Å². The minimum atomic E-state index is -0.400. The summed E-state index contributed by atoms with van der Waals surface area (Å²) in [6, 6.07) is 8.08. The van der Waals surface area contributed by atoms with Crippen molar-refractivity contribution in [2.24, 2.45) is 0 Å². The standard InChI is InChI=1S/C13H15ClN2O/c1-17-12-8-10(2-3-11(12)14)13(9-15)4-6-16-7-5-13/h2-3,8,16H,4-7H2,1H3. The third-order valence-electron chi connectivity index (χ3n) is 3.37. The number of halogens is 1. The Morgan fingerprint density at radius 2 is 2.12 bits per heavy atom. The summed E-state index contributed by atoms with van der Waals surface area (Å²) in [5, 5.41) is 13.3. The second-order valence-corrected chi connectivity index (χ2v) is 4.70. The number of nitrogens with one attached hydrogen (secondary N) is 1. The Hall–Kier alpha value is -1.24. The molecule has 1 aliphatic heterocycles. The van der Waals surface area contributed by atoms with Crippen LogP contribution in [0.3, 0.4) is 0 Å². The highest BCUT2D eigenvalue weighted by Crippen LogP contribution is 2.36. The highest BCUT2D eigenvalue weighted by Gasteiger charge is 2.34. The molecular weight excluding hydrogens is 236 g/mol. The van der Waals surface area contributed by atoms with Crippen LogP contribution in [0.2, 0.25) is 5.02 Å². The zero-order valence-corrected chi connectivity index (χ0v) is 10.5. The molecule has 1 aromatic rings. The predicted octanol–water partition coefficient (Wildman–Crippen LogP) is 2.49. The van der Waals surface area contributed by atoms with E-state index in [1.54, 1.807) is 13.2 Å². The smallest absolute Gasteiger partial charge is 0.137 e. The molecule has 1 fully saturated rings. The SMILES string of the molecule is COc1cc(C2(C#N)CCNCC2)ccc1Cl. The van der Waals surface area contributed by atoms with Crippen LogP contribution < -0.4 is 10.1 Å². The maximum absolute atomic E-state index is 9.48. The molecule has 17 heavy (non-hydrogen) atoms. The zero-order chi connectivity index (χ0) is 12.3. The first kappa shape index (κ1) is 12.2. The quantitative estimate of drug-likeness (QED) is 0.877. The van der Waals surface area contributed by atoms with Crippen molar-refractivity contribution >= 4 is 11.6 Å². The molecule has 0 radical (unpaired) electrons. The number of rotatable bonds is 2. The molecule has 0 unspecified atom stereocenters. The Balaban J connectivity index is 2.40. The van der Waals surface area contributed by atoms with Gasteiger partial charge in [0.15, 0.2) is 0 Å². The van der Waals surface area contributed by atoms with Gasteiger partial charge in [0.25, 0.3) is 0 Å². The Morgan fingerprint density at radius 1 is 1.41 bits per heavy atom. The van der Waals surface area contributed by atoms with Crippen molar-refractivity contribution in [3.8, 4) is 11.8 Å². The summed E-state index contributed by atoms with van der Waals surface area (Å²) in [7, 11) is 1.59. The van der Waals surface area contributed by atoms with Gasteiger partial charge in [-0.25, -0.2) is 0 Å². The molecule has 1 saturated heterocycles. The van der Waals surface area contributed by atoms with E-state index in [2.05, 4.69) is 11.4 Å². The van der Waals surface area contributed by atoms with Crippen molar-refractivity contribution in [3.05, 3.63) is 28.8 Å². The van der Waals surface area contributed by atoms with Gasteiger partial charge in [0.2, 0.25) is 0 Å². The second kappa shape index (κ2) is 4.95. The minimum Gasteiger partial charge on any atom is -0.495 e. The van der Waals surface area contributed by atoms with Gasteiger partial charge in [0.1, 0.15) is 5.75 Å². The number of benzene rings is 1. The molecule has 0 saturated carbocycles. The van der Waals surface area contributed by atoms with Gasteiger partial charge in [-0.15, -0.1) is 0 Å². The topological polar surface area (TPSA) is 45.0 Å². The largest absolute Gasteiger partial charge is 0.495 e. The molecule has 1 heterocycles. The first-order chi connectivity index (χ1) is 8.22. The maximum Gasteiger partial charge on any atom is 0.137 e. The van der Waals surface area contributed by atoms with E-state index in [-0.39, 0.29) is 0 Å². The number of ether oxygens (including phenoxy) is 1. The van der Waals surface area contributed by atoms with Crippen molar-refractivity contribution < 1.29 is 4.74 Å². The summed E-state index contributed by atoms with van der Waals surface area (Å²) in [6.45, 7) is 1.75. The molecule has 0 aromatic heterocycles. The first-order valence-electron chi connectivity index (χ1n) is 5.68. The van der Waals surface area contributed by atoms with E-state index in [0.717, 1.165) is 31.5 Å². The Labute approximate surface area is 106 Å². The van der Waals surface area contributed by atoms with Gasteiger partial charge in [-0.2, -0.15) is 5.26 Å². The minimum absolute atomic E-state index is 0.400. The third kappa shape index (κ3) is 2.24. The average molecular weight is 251 g/mol. The van der Waals surface area contributed by atoms with Crippen molar-refractivity contribution in [2.45, 2.75) is 18.3 Å². The molecule has 90 valence electrons. The van der Waals surface area contributed by atoms with Gasteiger partial charge >= 0.3 is 0 Å². The van der Waals surface area contributed by atoms with Crippen molar-refractivity contribution in [1.82, 2.24) is 5.32 Å².